The number of nitrogens with one attached hydrogen (secondary N) is 1. The van der Waals surface area contributed by atoms with Gasteiger partial charge in [0, 0.05) is 38.0 Å². The molecule has 3 atom stereocenters. The molecule has 2 fully saturated rings. The molecule has 7 nitrogen and oxygen atoms in total. The van der Waals surface area contributed by atoms with Crippen molar-refractivity contribution in [1.29, 1.82) is 10.5 Å². The fourth-order valence-electron chi connectivity index (χ4n) is 4.12. The van der Waals surface area contributed by atoms with E-state index in [1.165, 1.54) is 0 Å². The van der Waals surface area contributed by atoms with Crippen LogP contribution in [-0.2, 0) is 4.79 Å². The SMILES string of the molecule is C#C[C@H]1CC[C@@H](C#N)N1C(=O)CNC1CCN(C2(C#N)C=NC=CC2)CC1. The Hall–Kier alpha value is -2.66. The Morgan fingerprint density at radius 1 is 1.26 bits per heavy atom. The second kappa shape index (κ2) is 8.35. The summed E-state index contributed by atoms with van der Waals surface area (Å²) < 4.78 is 0. The van der Waals surface area contributed by atoms with Crippen LogP contribution >= 0.6 is 0 Å². The van der Waals surface area contributed by atoms with Crippen LogP contribution in [0.2, 0.25) is 0 Å². The van der Waals surface area contributed by atoms with E-state index in [1.807, 2.05) is 6.08 Å². The first-order valence-electron chi connectivity index (χ1n) is 9.39. The average molecular weight is 364 g/mol. The molecule has 0 aromatic heterocycles. The van der Waals surface area contributed by atoms with E-state index in [9.17, 15) is 15.3 Å². The second-order valence-corrected chi connectivity index (χ2v) is 7.25. The van der Waals surface area contributed by atoms with Gasteiger partial charge < -0.3 is 10.2 Å². The zero-order valence-corrected chi connectivity index (χ0v) is 15.3. The minimum Gasteiger partial charge on any atom is -0.312 e. The highest BCUT2D eigenvalue weighted by molar-refractivity contribution is 5.80. The normalized spacial score (nSPS) is 31.2. The molecule has 0 spiro atoms. The molecule has 3 heterocycles. The number of carbonyl (C=O) groups is 1. The molecule has 1 amide bonds. The molecule has 140 valence electrons. The minimum absolute atomic E-state index is 0.109. The quantitative estimate of drug-likeness (QED) is 0.745. The number of nitrogens with zero attached hydrogens (tertiary/aromatic N) is 5. The monoisotopic (exact) mass is 364 g/mol. The Kier molecular flexibility index (Phi) is 5.91. The summed E-state index contributed by atoms with van der Waals surface area (Å²) in [6.07, 6.45) is 14.6. The molecular formula is C20H24N6O. The van der Waals surface area contributed by atoms with Gasteiger partial charge in [-0.05, 0) is 25.7 Å². The fraction of sp³-hybridized carbons (Fsp3) is 0.600. The Morgan fingerprint density at radius 2 is 2.00 bits per heavy atom. The number of rotatable bonds is 4. The maximum atomic E-state index is 12.6. The van der Waals surface area contributed by atoms with Crippen LogP contribution < -0.4 is 5.32 Å². The summed E-state index contributed by atoms with van der Waals surface area (Å²) in [4.78, 5) is 20.4. The smallest absolute Gasteiger partial charge is 0.238 e. The molecular weight excluding hydrogens is 340 g/mol. The Bertz CT molecular complexity index is 724. The first kappa shape index (κ1) is 19.1. The van der Waals surface area contributed by atoms with E-state index in [1.54, 1.807) is 17.3 Å². The second-order valence-electron chi connectivity index (χ2n) is 7.25. The summed E-state index contributed by atoms with van der Waals surface area (Å²) in [5.41, 5.74) is -0.648. The fourth-order valence-corrected chi connectivity index (χ4v) is 4.12. The third kappa shape index (κ3) is 3.88. The zero-order chi connectivity index (χ0) is 19.3. The van der Waals surface area contributed by atoms with Crippen molar-refractivity contribution in [3.05, 3.63) is 12.3 Å². The molecule has 1 N–H and O–H groups in total. The van der Waals surface area contributed by atoms with Crippen molar-refractivity contribution in [3.8, 4) is 24.5 Å². The molecule has 27 heavy (non-hydrogen) atoms. The van der Waals surface area contributed by atoms with Crippen LogP contribution in [0.25, 0.3) is 0 Å². The average Bonchev–Trinajstić information content (AvgIpc) is 3.16. The summed E-state index contributed by atoms with van der Waals surface area (Å²) in [7, 11) is 0. The van der Waals surface area contributed by atoms with Crippen molar-refractivity contribution in [3.63, 3.8) is 0 Å². The van der Waals surface area contributed by atoms with Crippen LogP contribution in [0.15, 0.2) is 17.3 Å². The van der Waals surface area contributed by atoms with Gasteiger partial charge in [-0.25, -0.2) is 0 Å². The maximum absolute atomic E-state index is 12.6. The Balaban J connectivity index is 1.50. The van der Waals surface area contributed by atoms with E-state index >= 15 is 0 Å². The van der Waals surface area contributed by atoms with Crippen LogP contribution in [0.1, 0.15) is 32.1 Å². The maximum Gasteiger partial charge on any atom is 0.238 e. The van der Waals surface area contributed by atoms with Crippen LogP contribution in [-0.4, -0.2) is 65.2 Å². The van der Waals surface area contributed by atoms with Crippen LogP contribution in [0.5, 0.6) is 0 Å². The lowest BCUT2D eigenvalue weighted by Gasteiger charge is -2.41. The van der Waals surface area contributed by atoms with Crippen LogP contribution in [0.3, 0.4) is 0 Å². The lowest BCUT2D eigenvalue weighted by molar-refractivity contribution is -0.131. The Labute approximate surface area is 160 Å². The number of piperidine rings is 1. The summed E-state index contributed by atoms with van der Waals surface area (Å²) >= 11 is 0. The lowest BCUT2D eigenvalue weighted by atomic mass is 9.91. The van der Waals surface area contributed by atoms with Crippen LogP contribution in [0.4, 0.5) is 0 Å². The van der Waals surface area contributed by atoms with Gasteiger partial charge >= 0.3 is 0 Å². The molecule has 0 aromatic carbocycles. The van der Waals surface area contributed by atoms with Crippen molar-refractivity contribution in [1.82, 2.24) is 15.1 Å². The van der Waals surface area contributed by atoms with Crippen molar-refractivity contribution in [2.75, 3.05) is 19.6 Å². The standard InChI is InChI=1S/C20H24N6O/c1-2-17-4-5-18(12-21)26(17)19(27)13-24-16-6-10-25(11-7-16)20(14-22)8-3-9-23-15-20/h1,3,9,15-18,24H,4-8,10-11,13H2/t17-,18-,20?/m0/s1. The highest BCUT2D eigenvalue weighted by Gasteiger charge is 2.38. The molecule has 3 aliphatic heterocycles. The van der Waals surface area contributed by atoms with Gasteiger partial charge in [0.2, 0.25) is 5.91 Å². The molecule has 0 radical (unpaired) electrons. The number of aliphatic imine (C=N–C) groups is 1. The van der Waals surface area contributed by atoms with Gasteiger partial charge in [0.15, 0.2) is 0 Å². The summed E-state index contributed by atoms with van der Waals surface area (Å²) in [6.45, 7) is 1.74. The molecule has 0 bridgehead atoms. The first-order valence-corrected chi connectivity index (χ1v) is 9.39. The Morgan fingerprint density at radius 3 is 2.59 bits per heavy atom. The highest BCUT2D eigenvalue weighted by atomic mass is 16.2. The van der Waals surface area contributed by atoms with Gasteiger partial charge in [-0.2, -0.15) is 10.5 Å². The number of hydrogen-bond acceptors (Lipinski definition) is 6. The van der Waals surface area contributed by atoms with Gasteiger partial charge in [-0.1, -0.05) is 12.0 Å². The number of nitriles is 2. The predicted octanol–water partition coefficient (Wildman–Crippen LogP) is 0.807. The summed E-state index contributed by atoms with van der Waals surface area (Å²) in [6, 6.07) is 4.10. The number of hydrogen-bond donors (Lipinski definition) is 1. The molecule has 0 aliphatic carbocycles. The number of amides is 1. The number of likely N-dealkylation sites (tertiary alicyclic amines) is 2. The summed E-state index contributed by atoms with van der Waals surface area (Å²) in [5.74, 6) is 2.51. The van der Waals surface area contributed by atoms with Gasteiger partial charge in [-0.3, -0.25) is 14.7 Å². The van der Waals surface area contributed by atoms with E-state index in [4.69, 9.17) is 6.42 Å². The number of carbonyl (C=O) groups excluding carboxylic acids is 1. The minimum atomic E-state index is -0.648. The molecule has 0 aromatic rings. The van der Waals surface area contributed by atoms with Crippen molar-refractivity contribution < 1.29 is 4.79 Å². The molecule has 2 saturated heterocycles. The van der Waals surface area contributed by atoms with Gasteiger partial charge in [0.25, 0.3) is 0 Å². The summed E-state index contributed by atoms with van der Waals surface area (Å²) in [5, 5.41) is 22.2. The zero-order valence-electron chi connectivity index (χ0n) is 15.3. The van der Waals surface area contributed by atoms with E-state index in [0.29, 0.717) is 19.3 Å². The van der Waals surface area contributed by atoms with Crippen molar-refractivity contribution in [2.24, 2.45) is 4.99 Å². The van der Waals surface area contributed by atoms with E-state index in [2.05, 4.69) is 33.3 Å². The van der Waals surface area contributed by atoms with Crippen molar-refractivity contribution in [2.45, 2.75) is 55.8 Å². The molecule has 1 unspecified atom stereocenters. The van der Waals surface area contributed by atoms with E-state index < -0.39 is 11.6 Å². The topological polar surface area (TPSA) is 95.5 Å². The highest BCUT2D eigenvalue weighted by Crippen LogP contribution is 2.26. The van der Waals surface area contributed by atoms with Gasteiger partial charge in [0.1, 0.15) is 11.6 Å². The molecule has 0 saturated carbocycles. The first-order chi connectivity index (χ1) is 13.1. The van der Waals surface area contributed by atoms with E-state index in [0.717, 1.165) is 25.9 Å². The number of terminal acetylenes is 1. The van der Waals surface area contributed by atoms with E-state index in [-0.39, 0.29) is 24.5 Å². The molecule has 7 heteroatoms. The van der Waals surface area contributed by atoms with Gasteiger partial charge in [-0.15, -0.1) is 6.42 Å². The molecule has 3 rings (SSSR count). The van der Waals surface area contributed by atoms with Crippen molar-refractivity contribution >= 4 is 12.1 Å². The van der Waals surface area contributed by atoms with Crippen LogP contribution in [0, 0.1) is 35.0 Å². The largest absolute Gasteiger partial charge is 0.312 e. The third-order valence-corrected chi connectivity index (χ3v) is 5.72. The van der Waals surface area contributed by atoms with Gasteiger partial charge in [0.05, 0.1) is 24.7 Å². The third-order valence-electron chi connectivity index (χ3n) is 5.72. The predicted molar refractivity (Wildman–Crippen MR) is 101 cm³/mol. The molecule has 3 aliphatic rings. The lowest BCUT2D eigenvalue weighted by Crippen LogP contribution is -2.55.